The van der Waals surface area contributed by atoms with Gasteiger partial charge in [-0.2, -0.15) is 0 Å². The summed E-state index contributed by atoms with van der Waals surface area (Å²) in [6.45, 7) is 4.22. The number of halogens is 8. The van der Waals surface area contributed by atoms with Crippen LogP contribution in [-0.4, -0.2) is 0 Å². The van der Waals surface area contributed by atoms with Crippen molar-refractivity contribution in [3.05, 3.63) is 241 Å². The third-order valence-corrected chi connectivity index (χ3v) is 14.0. The highest BCUT2D eigenvalue weighted by Gasteiger charge is 2.03. The normalized spacial score (nSPS) is 9.80. The van der Waals surface area contributed by atoms with E-state index in [1.54, 1.807) is 18.2 Å². The minimum Gasteiger partial charge on any atom is -0.355 e. The molecular weight excluding hydrogens is 1270 g/mol. The first-order valence-electron chi connectivity index (χ1n) is 18.6. The third kappa shape index (κ3) is 18.1. The summed E-state index contributed by atoms with van der Waals surface area (Å²) in [7, 11) is 0. The van der Waals surface area contributed by atoms with Crippen LogP contribution in [0.25, 0.3) is 0 Å². The molecule has 8 aromatic carbocycles. The van der Waals surface area contributed by atoms with Gasteiger partial charge >= 0.3 is 0 Å². The van der Waals surface area contributed by atoms with E-state index in [2.05, 4.69) is 190 Å². The molecule has 0 spiro atoms. The van der Waals surface area contributed by atoms with Crippen molar-refractivity contribution in [3.8, 4) is 0 Å². The SMILES string of the molecule is Brc1ccccc1I.Brc1ccccc1Nc1ccccc1Br.Brc1ccccc1Nc1ccccc1Br.Cc1ccccc1Nc1ccccc1C.Fc1ccccc1Br. The average molecular weight is 1310 g/mol. The van der Waals surface area contributed by atoms with Gasteiger partial charge in [0, 0.05) is 37.3 Å². The number of nitrogens with one attached hydrogen (secondary N) is 3. The first kappa shape index (κ1) is 50.3. The Morgan fingerprint density at radius 2 is 0.557 bits per heavy atom. The molecule has 0 unspecified atom stereocenters. The van der Waals surface area contributed by atoms with Crippen LogP contribution in [0, 0.1) is 23.2 Å². The number of anilines is 6. The van der Waals surface area contributed by atoms with Crippen molar-refractivity contribution in [1.29, 1.82) is 0 Å². The van der Waals surface area contributed by atoms with Gasteiger partial charge in [0.25, 0.3) is 0 Å². The van der Waals surface area contributed by atoms with Crippen LogP contribution in [-0.2, 0) is 0 Å². The topological polar surface area (TPSA) is 36.1 Å². The molecule has 0 radical (unpaired) electrons. The van der Waals surface area contributed by atoms with Crippen LogP contribution < -0.4 is 16.0 Å². The highest BCUT2D eigenvalue weighted by molar-refractivity contribution is 14.1. The molecule has 11 heteroatoms. The van der Waals surface area contributed by atoms with E-state index >= 15 is 0 Å². The van der Waals surface area contributed by atoms with Gasteiger partial charge in [0.1, 0.15) is 5.82 Å². The maximum Gasteiger partial charge on any atom is 0.137 e. The van der Waals surface area contributed by atoms with Gasteiger partial charge in [0.2, 0.25) is 0 Å². The predicted octanol–water partition coefficient (Wildman–Crippen LogP) is 19.6. The Bertz CT molecular complexity index is 2150. The molecule has 312 valence electrons. The zero-order valence-electron chi connectivity index (χ0n) is 33.0. The Hall–Kier alpha value is -3.30. The summed E-state index contributed by atoms with van der Waals surface area (Å²) < 4.78 is 19.4. The van der Waals surface area contributed by atoms with Crippen molar-refractivity contribution < 1.29 is 4.39 Å². The fourth-order valence-corrected chi connectivity index (χ4v) is 7.48. The van der Waals surface area contributed by atoms with E-state index in [9.17, 15) is 4.39 Å². The van der Waals surface area contributed by atoms with Crippen LogP contribution in [0.5, 0.6) is 0 Å². The standard InChI is InChI=1S/C14H15N.2C12H9Br2N.C6H4BrF.C6H4BrI/c1-11-7-3-5-9-13(11)15-14-10-6-4-8-12(14)2;2*13-9-5-1-3-7-11(9)15-12-8-4-2-6-10(12)14;2*7-5-3-1-2-4-6(5)8/h3-10,15H,1-2H3;2*1-8,15H;2*1-4H. The lowest BCUT2D eigenvalue weighted by molar-refractivity contribution is 0.621. The molecule has 0 saturated heterocycles. The highest BCUT2D eigenvalue weighted by atomic mass is 127. The summed E-state index contributed by atoms with van der Waals surface area (Å²) in [6.07, 6.45) is 0. The molecule has 3 nitrogen and oxygen atoms in total. The lowest BCUT2D eigenvalue weighted by atomic mass is 10.1. The van der Waals surface area contributed by atoms with Crippen LogP contribution in [0.3, 0.4) is 0 Å². The second kappa shape index (κ2) is 27.7. The summed E-state index contributed by atoms with van der Waals surface area (Å²) in [4.78, 5) is 0. The smallest absolute Gasteiger partial charge is 0.137 e. The molecule has 0 fully saturated rings. The van der Waals surface area contributed by atoms with Crippen LogP contribution in [0.1, 0.15) is 11.1 Å². The number of para-hydroxylation sites is 6. The van der Waals surface area contributed by atoms with Crippen molar-refractivity contribution >= 4 is 152 Å². The first-order valence-corrected chi connectivity index (χ1v) is 24.5. The molecule has 0 aliphatic carbocycles. The molecule has 8 aromatic rings. The average Bonchev–Trinajstić information content (AvgIpc) is 3.26. The summed E-state index contributed by atoms with van der Waals surface area (Å²) in [5.41, 5.74) is 9.11. The monoisotopic (exact) mass is 1300 g/mol. The number of rotatable bonds is 6. The van der Waals surface area contributed by atoms with Gasteiger partial charge in [-0.1, -0.05) is 109 Å². The summed E-state index contributed by atoms with van der Waals surface area (Å²) >= 11 is 22.7. The lowest BCUT2D eigenvalue weighted by Gasteiger charge is -2.11. The Balaban J connectivity index is 0.000000172. The third-order valence-electron chi connectivity index (χ3n) is 8.24. The van der Waals surface area contributed by atoms with Crippen LogP contribution in [0.4, 0.5) is 38.5 Å². The van der Waals surface area contributed by atoms with Crippen LogP contribution >= 0.6 is 118 Å². The minimum atomic E-state index is -0.215. The van der Waals surface area contributed by atoms with E-state index in [0.717, 1.165) is 40.6 Å². The van der Waals surface area contributed by atoms with E-state index in [0.29, 0.717) is 4.47 Å². The molecule has 0 bridgehead atoms. The largest absolute Gasteiger partial charge is 0.355 e. The Morgan fingerprint density at radius 1 is 0.311 bits per heavy atom. The molecule has 0 amide bonds. The van der Waals surface area contributed by atoms with E-state index in [4.69, 9.17) is 0 Å². The highest BCUT2D eigenvalue weighted by Crippen LogP contribution is 2.31. The molecule has 0 aliphatic rings. The van der Waals surface area contributed by atoms with Gasteiger partial charge < -0.3 is 16.0 Å². The molecule has 0 aliphatic heterocycles. The molecule has 0 heterocycles. The van der Waals surface area contributed by atoms with Gasteiger partial charge in [-0.05, 0) is 228 Å². The predicted molar refractivity (Wildman–Crippen MR) is 290 cm³/mol. The number of benzene rings is 8. The number of aryl methyl sites for hydroxylation is 2. The van der Waals surface area contributed by atoms with Gasteiger partial charge in [0.05, 0.1) is 27.2 Å². The fourth-order valence-electron chi connectivity index (χ4n) is 4.99. The van der Waals surface area contributed by atoms with Crippen molar-refractivity contribution in [2.75, 3.05) is 16.0 Å². The zero-order valence-corrected chi connectivity index (χ0v) is 44.7. The molecule has 3 N–H and O–H groups in total. The first-order chi connectivity index (χ1) is 29.4. The Labute approximate surface area is 423 Å². The Kier molecular flexibility index (Phi) is 22.9. The lowest BCUT2D eigenvalue weighted by Crippen LogP contribution is -1.94. The van der Waals surface area contributed by atoms with Gasteiger partial charge in [-0.15, -0.1) is 0 Å². The van der Waals surface area contributed by atoms with Gasteiger partial charge in [-0.25, -0.2) is 4.39 Å². The molecule has 0 atom stereocenters. The maximum absolute atomic E-state index is 12.3. The summed E-state index contributed by atoms with van der Waals surface area (Å²) in [6, 6.07) is 63.4. The van der Waals surface area contributed by atoms with Crippen molar-refractivity contribution in [2.24, 2.45) is 0 Å². The second-order valence-corrected chi connectivity index (χ2v) is 19.0. The van der Waals surface area contributed by atoms with Gasteiger partial charge in [-0.3, -0.25) is 0 Å². The molecule has 0 aromatic heterocycles. The summed E-state index contributed by atoms with van der Waals surface area (Å²) in [5.74, 6) is -0.215. The van der Waals surface area contributed by atoms with Crippen molar-refractivity contribution in [2.45, 2.75) is 13.8 Å². The Morgan fingerprint density at radius 3 is 0.803 bits per heavy atom. The quantitative estimate of drug-likeness (QED) is 0.145. The number of hydrogen-bond donors (Lipinski definition) is 3. The molecule has 0 saturated carbocycles. The van der Waals surface area contributed by atoms with Gasteiger partial charge in [0.15, 0.2) is 0 Å². The molecular formula is C50H41Br6FIN3. The van der Waals surface area contributed by atoms with E-state index in [-0.39, 0.29) is 5.82 Å². The fraction of sp³-hybridized carbons (Fsp3) is 0.0400. The minimum absolute atomic E-state index is 0.215. The molecule has 8 rings (SSSR count). The maximum atomic E-state index is 12.3. The van der Waals surface area contributed by atoms with Crippen molar-refractivity contribution in [1.82, 2.24) is 0 Å². The van der Waals surface area contributed by atoms with E-state index in [1.807, 2.05) is 127 Å². The van der Waals surface area contributed by atoms with Crippen LogP contribution in [0.15, 0.2) is 221 Å². The zero-order chi connectivity index (χ0) is 44.0. The van der Waals surface area contributed by atoms with Crippen LogP contribution in [0.2, 0.25) is 0 Å². The summed E-state index contributed by atoms with van der Waals surface area (Å²) in [5, 5.41) is 10.1. The van der Waals surface area contributed by atoms with E-state index in [1.165, 1.54) is 36.6 Å². The second-order valence-electron chi connectivity index (χ2n) is 12.8. The van der Waals surface area contributed by atoms with Crippen molar-refractivity contribution in [3.63, 3.8) is 0 Å². The number of hydrogen-bond acceptors (Lipinski definition) is 3. The van der Waals surface area contributed by atoms with E-state index < -0.39 is 0 Å². The molecule has 61 heavy (non-hydrogen) atoms.